The van der Waals surface area contributed by atoms with Crippen molar-refractivity contribution in [3.8, 4) is 17.0 Å². The lowest BCUT2D eigenvalue weighted by molar-refractivity contribution is -0.118. The molecule has 32 heavy (non-hydrogen) atoms. The summed E-state index contributed by atoms with van der Waals surface area (Å²) in [4.78, 5) is 26.0. The highest BCUT2D eigenvalue weighted by Crippen LogP contribution is 2.25. The molecule has 8 heteroatoms. The van der Waals surface area contributed by atoms with Gasteiger partial charge in [0.15, 0.2) is 12.3 Å². The molecule has 0 bridgehead atoms. The topological polar surface area (TPSA) is 108 Å². The number of hydrogen-bond donors (Lipinski definition) is 2. The van der Waals surface area contributed by atoms with Gasteiger partial charge in [0, 0.05) is 12.1 Å². The van der Waals surface area contributed by atoms with E-state index in [-0.39, 0.29) is 12.5 Å². The molecule has 1 amide bonds. The van der Waals surface area contributed by atoms with Crippen LogP contribution in [0.15, 0.2) is 54.6 Å². The normalized spacial score (nSPS) is 10.9. The van der Waals surface area contributed by atoms with Gasteiger partial charge in [-0.2, -0.15) is 0 Å². The van der Waals surface area contributed by atoms with Gasteiger partial charge in [-0.05, 0) is 49.7 Å². The Morgan fingerprint density at radius 1 is 1.09 bits per heavy atom. The minimum Gasteiger partial charge on any atom is -0.484 e. The van der Waals surface area contributed by atoms with Crippen molar-refractivity contribution in [3.63, 3.8) is 0 Å². The van der Waals surface area contributed by atoms with Gasteiger partial charge >= 0.3 is 0 Å². The average Bonchev–Trinajstić information content (AvgIpc) is 3.10. The number of nitrogens with zero attached hydrogens (tertiary/aromatic N) is 4. The minimum atomic E-state index is -0.324. The van der Waals surface area contributed by atoms with Gasteiger partial charge < -0.3 is 20.4 Å². The van der Waals surface area contributed by atoms with Crippen molar-refractivity contribution in [2.45, 2.75) is 33.2 Å². The molecule has 0 aliphatic heterocycles. The highest BCUT2D eigenvalue weighted by Gasteiger charge is 2.13. The van der Waals surface area contributed by atoms with Crippen molar-refractivity contribution in [2.75, 3.05) is 17.7 Å². The molecule has 0 unspecified atom stereocenters. The standard InChI is InChI=1S/C24H26N6O2/c1-3-4-12-30-16(2)26-20-11-10-19(27-24(20)30)17-13-21(25)28-22(14-17)29-23(31)15-32-18-8-6-5-7-9-18/h5-11,13-14H,3-4,12,15H2,1-2H3,(H3,25,28,29,31). The smallest absolute Gasteiger partial charge is 0.263 e. The zero-order valence-electron chi connectivity index (χ0n) is 18.2. The number of fused-ring (bicyclic) bond motifs is 1. The third-order valence-electron chi connectivity index (χ3n) is 5.04. The number of aryl methyl sites for hydroxylation is 2. The van der Waals surface area contributed by atoms with Crippen LogP contribution in [0.1, 0.15) is 25.6 Å². The Labute approximate surface area is 186 Å². The number of carbonyl (C=O) groups is 1. The number of aromatic nitrogens is 4. The second kappa shape index (κ2) is 9.47. The maximum Gasteiger partial charge on any atom is 0.263 e. The number of nitrogens with two attached hydrogens (primary N) is 1. The van der Waals surface area contributed by atoms with Crippen molar-refractivity contribution < 1.29 is 9.53 Å². The summed E-state index contributed by atoms with van der Waals surface area (Å²) in [7, 11) is 0. The molecule has 3 aromatic heterocycles. The molecule has 0 saturated heterocycles. The number of benzene rings is 1. The number of carbonyl (C=O) groups excluding carboxylic acids is 1. The number of hydrogen-bond acceptors (Lipinski definition) is 6. The van der Waals surface area contributed by atoms with E-state index in [1.54, 1.807) is 24.3 Å². The van der Waals surface area contributed by atoms with E-state index in [0.717, 1.165) is 47.6 Å². The summed E-state index contributed by atoms with van der Waals surface area (Å²) in [5.41, 5.74) is 9.21. The van der Waals surface area contributed by atoms with E-state index in [1.807, 2.05) is 37.3 Å². The number of imidazole rings is 1. The van der Waals surface area contributed by atoms with Crippen LogP contribution < -0.4 is 15.8 Å². The lowest BCUT2D eigenvalue weighted by Gasteiger charge is -2.10. The van der Waals surface area contributed by atoms with Gasteiger partial charge in [0.2, 0.25) is 0 Å². The largest absolute Gasteiger partial charge is 0.484 e. The first-order chi connectivity index (χ1) is 15.5. The molecule has 164 valence electrons. The first-order valence-electron chi connectivity index (χ1n) is 10.6. The lowest BCUT2D eigenvalue weighted by Crippen LogP contribution is -2.21. The van der Waals surface area contributed by atoms with Crippen LogP contribution in [0.2, 0.25) is 0 Å². The molecule has 0 spiro atoms. The van der Waals surface area contributed by atoms with Crippen molar-refractivity contribution >= 4 is 28.7 Å². The number of para-hydroxylation sites is 1. The third-order valence-corrected chi connectivity index (χ3v) is 5.04. The maximum atomic E-state index is 12.3. The van der Waals surface area contributed by atoms with Crippen LogP contribution in [-0.4, -0.2) is 32.0 Å². The van der Waals surface area contributed by atoms with E-state index in [4.69, 9.17) is 15.5 Å². The highest BCUT2D eigenvalue weighted by molar-refractivity contribution is 5.92. The molecule has 0 aliphatic rings. The molecule has 0 radical (unpaired) electrons. The summed E-state index contributed by atoms with van der Waals surface area (Å²) >= 11 is 0. The number of rotatable bonds is 8. The molecule has 4 aromatic rings. The number of nitrogens with one attached hydrogen (secondary N) is 1. The fraction of sp³-hybridized carbons (Fsp3) is 0.250. The van der Waals surface area contributed by atoms with Gasteiger partial charge in [0.1, 0.15) is 28.7 Å². The van der Waals surface area contributed by atoms with E-state index < -0.39 is 0 Å². The summed E-state index contributed by atoms with van der Waals surface area (Å²) in [6, 6.07) is 16.5. The van der Waals surface area contributed by atoms with E-state index in [9.17, 15) is 4.79 Å². The SMILES string of the molecule is CCCCn1c(C)nc2ccc(-c3cc(N)nc(NC(=O)COc4ccccc4)c3)nc21. The molecule has 0 atom stereocenters. The van der Waals surface area contributed by atoms with Crippen molar-refractivity contribution in [2.24, 2.45) is 0 Å². The van der Waals surface area contributed by atoms with E-state index in [1.165, 1.54) is 0 Å². The summed E-state index contributed by atoms with van der Waals surface area (Å²) in [5, 5.41) is 2.74. The molecule has 1 aromatic carbocycles. The molecule has 3 heterocycles. The maximum absolute atomic E-state index is 12.3. The number of unbranched alkanes of at least 4 members (excludes halogenated alkanes) is 1. The second-order valence-electron chi connectivity index (χ2n) is 7.52. The van der Waals surface area contributed by atoms with Crippen molar-refractivity contribution in [3.05, 3.63) is 60.4 Å². The summed E-state index contributed by atoms with van der Waals surface area (Å²) in [6.07, 6.45) is 2.15. The van der Waals surface area contributed by atoms with Gasteiger partial charge in [0.05, 0.1) is 5.69 Å². The Kier molecular flexibility index (Phi) is 6.30. The van der Waals surface area contributed by atoms with E-state index >= 15 is 0 Å². The second-order valence-corrected chi connectivity index (χ2v) is 7.52. The van der Waals surface area contributed by atoms with Gasteiger partial charge in [-0.15, -0.1) is 0 Å². The Morgan fingerprint density at radius 2 is 1.91 bits per heavy atom. The van der Waals surface area contributed by atoms with Crippen LogP contribution in [-0.2, 0) is 11.3 Å². The number of ether oxygens (including phenoxy) is 1. The summed E-state index contributed by atoms with van der Waals surface area (Å²) in [5.74, 6) is 1.88. The van der Waals surface area contributed by atoms with Crippen LogP contribution in [0.25, 0.3) is 22.4 Å². The molecule has 3 N–H and O–H groups in total. The Bertz CT molecular complexity index is 1240. The van der Waals surface area contributed by atoms with Crippen LogP contribution >= 0.6 is 0 Å². The van der Waals surface area contributed by atoms with E-state index in [2.05, 4.69) is 26.8 Å². The zero-order chi connectivity index (χ0) is 22.5. The first-order valence-corrected chi connectivity index (χ1v) is 10.6. The Morgan fingerprint density at radius 3 is 2.69 bits per heavy atom. The predicted octanol–water partition coefficient (Wildman–Crippen LogP) is 4.20. The van der Waals surface area contributed by atoms with Crippen molar-refractivity contribution in [1.82, 2.24) is 19.5 Å². The van der Waals surface area contributed by atoms with Crippen LogP contribution in [0.4, 0.5) is 11.6 Å². The average molecular weight is 431 g/mol. The fourth-order valence-electron chi connectivity index (χ4n) is 3.47. The molecule has 8 nitrogen and oxygen atoms in total. The lowest BCUT2D eigenvalue weighted by atomic mass is 10.1. The molecular formula is C24H26N6O2. The minimum absolute atomic E-state index is 0.129. The Balaban J connectivity index is 1.55. The van der Waals surface area contributed by atoms with Gasteiger partial charge in [-0.3, -0.25) is 4.79 Å². The van der Waals surface area contributed by atoms with Gasteiger partial charge in [0.25, 0.3) is 5.91 Å². The monoisotopic (exact) mass is 430 g/mol. The number of amides is 1. The molecule has 4 rings (SSSR count). The number of nitrogen functional groups attached to an aromatic ring is 1. The molecule has 0 aliphatic carbocycles. The fourth-order valence-corrected chi connectivity index (χ4v) is 3.47. The Hall–Kier alpha value is -3.94. The molecular weight excluding hydrogens is 404 g/mol. The first kappa shape index (κ1) is 21.3. The summed E-state index contributed by atoms with van der Waals surface area (Å²) < 4.78 is 7.62. The predicted molar refractivity (Wildman–Crippen MR) is 125 cm³/mol. The van der Waals surface area contributed by atoms with Crippen LogP contribution in [0.5, 0.6) is 5.75 Å². The quantitative estimate of drug-likeness (QED) is 0.434. The molecule has 0 saturated carbocycles. The zero-order valence-corrected chi connectivity index (χ0v) is 18.2. The number of pyridine rings is 2. The third kappa shape index (κ3) is 4.85. The van der Waals surface area contributed by atoms with Crippen molar-refractivity contribution in [1.29, 1.82) is 0 Å². The summed E-state index contributed by atoms with van der Waals surface area (Å²) in [6.45, 7) is 4.90. The van der Waals surface area contributed by atoms with Gasteiger partial charge in [-0.25, -0.2) is 15.0 Å². The van der Waals surface area contributed by atoms with E-state index in [0.29, 0.717) is 17.4 Å². The van der Waals surface area contributed by atoms with Crippen LogP contribution in [0.3, 0.4) is 0 Å². The van der Waals surface area contributed by atoms with Gasteiger partial charge in [-0.1, -0.05) is 31.5 Å². The highest BCUT2D eigenvalue weighted by atomic mass is 16.5. The molecule has 0 fully saturated rings. The van der Waals surface area contributed by atoms with Crippen LogP contribution in [0, 0.1) is 6.92 Å². The number of anilines is 2.